The van der Waals surface area contributed by atoms with Gasteiger partial charge in [0.2, 0.25) is 10.0 Å². The van der Waals surface area contributed by atoms with Crippen LogP contribution in [0.15, 0.2) is 46.2 Å². The van der Waals surface area contributed by atoms with E-state index in [2.05, 4.69) is 4.72 Å². The predicted molar refractivity (Wildman–Crippen MR) is 103 cm³/mol. The Morgan fingerprint density at radius 2 is 1.68 bits per heavy atom. The number of nitrogens with one attached hydrogen (secondary N) is 1. The van der Waals surface area contributed by atoms with E-state index in [-0.39, 0.29) is 33.6 Å². The van der Waals surface area contributed by atoms with Gasteiger partial charge in [0.15, 0.2) is 0 Å². The minimum atomic E-state index is -4.09. The molecule has 0 bridgehead atoms. The summed E-state index contributed by atoms with van der Waals surface area (Å²) in [5, 5.41) is -0.330. The van der Waals surface area contributed by atoms with Crippen LogP contribution < -0.4 is 4.72 Å². The highest BCUT2D eigenvalue weighted by molar-refractivity contribution is 7.92. The zero-order valence-electron chi connectivity index (χ0n) is 14.9. The first-order chi connectivity index (χ1) is 13.1. The lowest BCUT2D eigenvalue weighted by molar-refractivity contribution is 0.0730. The Bertz CT molecular complexity index is 1100. The fourth-order valence-electron chi connectivity index (χ4n) is 2.66. The Kier molecular flexibility index (Phi) is 5.97. The molecule has 11 heteroatoms. The molecule has 0 saturated carbocycles. The van der Waals surface area contributed by atoms with Gasteiger partial charge in [0.25, 0.3) is 10.0 Å². The van der Waals surface area contributed by atoms with Crippen LogP contribution in [-0.2, 0) is 24.8 Å². The van der Waals surface area contributed by atoms with Crippen molar-refractivity contribution in [2.45, 2.75) is 16.7 Å². The van der Waals surface area contributed by atoms with Crippen LogP contribution in [-0.4, -0.2) is 47.4 Å². The monoisotopic (exact) mass is 448 g/mol. The van der Waals surface area contributed by atoms with Crippen molar-refractivity contribution >= 4 is 37.3 Å². The fourth-order valence-corrected chi connectivity index (χ4v) is 5.48. The van der Waals surface area contributed by atoms with E-state index in [4.69, 9.17) is 16.3 Å². The van der Waals surface area contributed by atoms with E-state index in [9.17, 15) is 21.2 Å². The van der Waals surface area contributed by atoms with E-state index >= 15 is 0 Å². The molecule has 1 aliphatic heterocycles. The molecule has 1 fully saturated rings. The number of rotatable bonds is 5. The summed E-state index contributed by atoms with van der Waals surface area (Å²) < 4.78 is 72.9. The molecule has 1 aliphatic rings. The quantitative estimate of drug-likeness (QED) is 0.759. The molecule has 0 aromatic heterocycles. The zero-order chi connectivity index (χ0) is 20.5. The summed E-state index contributed by atoms with van der Waals surface area (Å²) in [6, 6.07) is 7.22. The SMILES string of the molecule is Cc1ccc(S(=O)(=O)N2CCOCC2)cc1NS(=O)(=O)c1ccc(F)c(Cl)c1. The molecule has 0 radical (unpaired) electrons. The van der Waals surface area contributed by atoms with Gasteiger partial charge in [0.05, 0.1) is 33.7 Å². The molecule has 0 spiro atoms. The summed E-state index contributed by atoms with van der Waals surface area (Å²) in [7, 11) is -7.88. The lowest BCUT2D eigenvalue weighted by Crippen LogP contribution is -2.40. The average Bonchev–Trinajstić information content (AvgIpc) is 2.66. The van der Waals surface area contributed by atoms with Gasteiger partial charge in [-0.05, 0) is 42.8 Å². The van der Waals surface area contributed by atoms with Crippen molar-refractivity contribution in [1.29, 1.82) is 0 Å². The van der Waals surface area contributed by atoms with Gasteiger partial charge in [-0.3, -0.25) is 4.72 Å². The maximum absolute atomic E-state index is 13.3. The number of benzene rings is 2. The third-order valence-electron chi connectivity index (χ3n) is 4.26. The molecule has 3 rings (SSSR count). The van der Waals surface area contributed by atoms with Gasteiger partial charge >= 0.3 is 0 Å². The average molecular weight is 449 g/mol. The number of nitrogens with zero attached hydrogens (tertiary/aromatic N) is 1. The van der Waals surface area contributed by atoms with Crippen LogP contribution in [0.25, 0.3) is 0 Å². The van der Waals surface area contributed by atoms with Gasteiger partial charge in [0, 0.05) is 13.1 Å². The second-order valence-electron chi connectivity index (χ2n) is 6.17. The molecule has 1 heterocycles. The van der Waals surface area contributed by atoms with E-state index in [0.717, 1.165) is 18.2 Å². The normalized spacial score (nSPS) is 16.1. The summed E-state index contributed by atoms with van der Waals surface area (Å²) in [5.74, 6) is -0.740. The van der Waals surface area contributed by atoms with Crippen molar-refractivity contribution < 1.29 is 26.0 Å². The van der Waals surface area contributed by atoms with Crippen LogP contribution >= 0.6 is 11.6 Å². The lowest BCUT2D eigenvalue weighted by Gasteiger charge is -2.26. The molecule has 1 saturated heterocycles. The molecule has 7 nitrogen and oxygen atoms in total. The van der Waals surface area contributed by atoms with Gasteiger partial charge in [-0.15, -0.1) is 0 Å². The Hall–Kier alpha value is -1.72. The molecule has 0 amide bonds. The van der Waals surface area contributed by atoms with E-state index in [1.807, 2.05) is 0 Å². The lowest BCUT2D eigenvalue weighted by atomic mass is 10.2. The van der Waals surface area contributed by atoms with E-state index in [1.165, 1.54) is 22.5 Å². The van der Waals surface area contributed by atoms with Gasteiger partial charge in [-0.2, -0.15) is 4.31 Å². The summed E-state index contributed by atoms with van der Waals surface area (Å²) in [5.41, 5.74) is 0.632. The van der Waals surface area contributed by atoms with Gasteiger partial charge in [0.1, 0.15) is 5.82 Å². The molecule has 2 aromatic rings. The smallest absolute Gasteiger partial charge is 0.261 e. The highest BCUT2D eigenvalue weighted by Gasteiger charge is 2.27. The third-order valence-corrected chi connectivity index (χ3v) is 7.81. The van der Waals surface area contributed by atoms with Crippen molar-refractivity contribution in [3.63, 3.8) is 0 Å². The summed E-state index contributed by atoms with van der Waals surface area (Å²) in [6.45, 7) is 2.70. The van der Waals surface area contributed by atoms with Gasteiger partial charge in [-0.1, -0.05) is 17.7 Å². The number of hydrogen-bond acceptors (Lipinski definition) is 5. The van der Waals surface area contributed by atoms with Gasteiger partial charge < -0.3 is 4.74 Å². The number of morpholine rings is 1. The van der Waals surface area contributed by atoms with Crippen LogP contribution in [0.3, 0.4) is 0 Å². The zero-order valence-corrected chi connectivity index (χ0v) is 17.2. The van der Waals surface area contributed by atoms with Gasteiger partial charge in [-0.25, -0.2) is 21.2 Å². The van der Waals surface area contributed by atoms with Crippen molar-refractivity contribution in [2.75, 3.05) is 31.0 Å². The van der Waals surface area contributed by atoms with Crippen LogP contribution in [0.5, 0.6) is 0 Å². The Labute approximate surface area is 168 Å². The van der Waals surface area contributed by atoms with E-state index < -0.39 is 25.9 Å². The molecule has 152 valence electrons. The first-order valence-electron chi connectivity index (χ1n) is 8.28. The maximum Gasteiger partial charge on any atom is 0.261 e. The highest BCUT2D eigenvalue weighted by Crippen LogP contribution is 2.27. The van der Waals surface area contributed by atoms with Crippen molar-refractivity contribution in [3.05, 3.63) is 52.8 Å². The van der Waals surface area contributed by atoms with E-state index in [0.29, 0.717) is 18.8 Å². The topological polar surface area (TPSA) is 92.8 Å². The fraction of sp³-hybridized carbons (Fsp3) is 0.294. The first-order valence-corrected chi connectivity index (χ1v) is 11.6. The highest BCUT2D eigenvalue weighted by atomic mass is 35.5. The maximum atomic E-state index is 13.3. The standard InChI is InChI=1S/C17H18ClFN2O5S2/c1-12-2-3-14(28(24,25)21-6-8-26-9-7-21)11-17(12)20-27(22,23)13-4-5-16(19)15(18)10-13/h2-5,10-11,20H,6-9H2,1H3. The molecular formula is C17H18ClFN2O5S2. The van der Waals surface area contributed by atoms with Crippen LogP contribution in [0.2, 0.25) is 5.02 Å². The number of ether oxygens (including phenoxy) is 1. The summed E-state index contributed by atoms with van der Waals surface area (Å²) >= 11 is 5.66. The molecule has 1 N–H and O–H groups in total. The van der Waals surface area contributed by atoms with Crippen LogP contribution in [0, 0.1) is 12.7 Å². The van der Waals surface area contributed by atoms with Crippen molar-refractivity contribution in [2.24, 2.45) is 0 Å². The minimum absolute atomic E-state index is 0.0326. The first kappa shape index (κ1) is 21.0. The second-order valence-corrected chi connectivity index (χ2v) is 10.2. The molecular weight excluding hydrogens is 431 g/mol. The second kappa shape index (κ2) is 7.96. The third kappa shape index (κ3) is 4.31. The molecule has 0 unspecified atom stereocenters. The number of sulfonamides is 2. The minimum Gasteiger partial charge on any atom is -0.379 e. The van der Waals surface area contributed by atoms with E-state index in [1.54, 1.807) is 6.92 Å². The number of aryl methyl sites for hydroxylation is 1. The number of anilines is 1. The number of hydrogen-bond donors (Lipinski definition) is 1. The van der Waals surface area contributed by atoms with Crippen LogP contribution in [0.1, 0.15) is 5.56 Å². The summed E-state index contributed by atoms with van der Waals surface area (Å²) in [6.07, 6.45) is 0. The molecule has 28 heavy (non-hydrogen) atoms. The predicted octanol–water partition coefficient (Wildman–Crippen LogP) is 2.61. The Morgan fingerprint density at radius 1 is 1.04 bits per heavy atom. The Balaban J connectivity index is 1.94. The van der Waals surface area contributed by atoms with Crippen molar-refractivity contribution in [1.82, 2.24) is 4.31 Å². The summed E-state index contributed by atoms with van der Waals surface area (Å²) in [4.78, 5) is -0.269. The Morgan fingerprint density at radius 3 is 2.32 bits per heavy atom. The van der Waals surface area contributed by atoms with Crippen molar-refractivity contribution in [3.8, 4) is 0 Å². The molecule has 0 atom stereocenters. The molecule has 2 aromatic carbocycles. The largest absolute Gasteiger partial charge is 0.379 e. The van der Waals surface area contributed by atoms with Crippen LogP contribution in [0.4, 0.5) is 10.1 Å². The molecule has 0 aliphatic carbocycles. The number of halogens is 2.